The van der Waals surface area contributed by atoms with Crippen molar-refractivity contribution < 1.29 is 13.5 Å². The molecule has 0 unspecified atom stereocenters. The van der Waals surface area contributed by atoms with E-state index in [0.717, 1.165) is 32.1 Å². The molecule has 0 N–H and O–H groups in total. The average Bonchev–Trinajstić information content (AvgIpc) is 2.76. The fraction of sp³-hybridized carbons (Fsp3) is 0.667. The summed E-state index contributed by atoms with van der Waals surface area (Å²) in [7, 11) is 0. The lowest BCUT2D eigenvalue weighted by Gasteiger charge is -2.09. The lowest BCUT2D eigenvalue weighted by Crippen LogP contribution is -2.07. The first-order valence-corrected chi connectivity index (χ1v) is 12.5. The predicted octanol–water partition coefficient (Wildman–Crippen LogP) is 8.35. The van der Waals surface area contributed by atoms with Gasteiger partial charge in [0.05, 0.1) is 6.61 Å². The fourth-order valence-corrected chi connectivity index (χ4v) is 4.00. The lowest BCUT2D eigenvalue weighted by atomic mass is 10.1. The molecule has 0 saturated heterocycles. The van der Waals surface area contributed by atoms with Crippen LogP contribution in [-0.2, 0) is 6.42 Å². The van der Waals surface area contributed by atoms with Crippen LogP contribution in [0.15, 0.2) is 27.4 Å². The Morgan fingerprint density at radius 2 is 1.39 bits per heavy atom. The minimum atomic E-state index is -0.602. The van der Waals surface area contributed by atoms with Gasteiger partial charge in [-0.05, 0) is 30.4 Å². The van der Waals surface area contributed by atoms with Crippen molar-refractivity contribution in [3.8, 4) is 5.75 Å². The van der Waals surface area contributed by atoms with E-state index in [1.54, 1.807) is 18.2 Å². The normalized spacial score (nSPS) is 11.3. The number of halogens is 1. The second kappa shape index (κ2) is 15.0. The number of aryl methyl sites for hydroxylation is 1. The van der Waals surface area contributed by atoms with E-state index in [2.05, 4.69) is 13.8 Å². The van der Waals surface area contributed by atoms with Crippen LogP contribution in [0, 0.1) is 5.82 Å². The van der Waals surface area contributed by atoms with Gasteiger partial charge in [0.1, 0.15) is 11.1 Å². The summed E-state index contributed by atoms with van der Waals surface area (Å²) in [6.07, 6.45) is 17.4. The average molecular weight is 433 g/mol. The van der Waals surface area contributed by atoms with Crippen molar-refractivity contribution in [3.63, 3.8) is 0 Å². The third-order valence-electron chi connectivity index (χ3n) is 5.92. The molecule has 174 valence electrons. The summed E-state index contributed by atoms with van der Waals surface area (Å²) in [5, 5.41) is 0.593. The van der Waals surface area contributed by atoms with E-state index in [1.165, 1.54) is 64.2 Å². The summed E-state index contributed by atoms with van der Waals surface area (Å²) in [6.45, 7) is 4.89. The number of unbranched alkanes of at least 4 members (excludes halogenated alkanes) is 12. The third-order valence-corrected chi connectivity index (χ3v) is 5.92. The molecular weight excluding hydrogens is 391 g/mol. The van der Waals surface area contributed by atoms with Crippen molar-refractivity contribution >= 4 is 10.8 Å². The lowest BCUT2D eigenvalue weighted by molar-refractivity contribution is 0.291. The number of hydrogen-bond donors (Lipinski definition) is 0. The standard InChI is InChI=1S/C27H41FO3/c1-3-5-7-9-11-12-13-15-17-23-21-22-18-19-24(26(28)25(22)27(29)31-23)30-20-16-14-10-8-6-4-2/h18-19,21H,3-17,20H2,1-2H3. The highest BCUT2D eigenvalue weighted by atomic mass is 19.1. The van der Waals surface area contributed by atoms with Crippen molar-refractivity contribution in [2.45, 2.75) is 110 Å². The first kappa shape index (κ1) is 25.4. The van der Waals surface area contributed by atoms with Crippen molar-refractivity contribution in [1.29, 1.82) is 0 Å². The number of ether oxygens (including phenoxy) is 1. The van der Waals surface area contributed by atoms with Crippen molar-refractivity contribution in [2.24, 2.45) is 0 Å². The molecule has 0 radical (unpaired) electrons. The van der Waals surface area contributed by atoms with Crippen LogP contribution in [-0.4, -0.2) is 6.61 Å². The van der Waals surface area contributed by atoms with Crippen LogP contribution >= 0.6 is 0 Å². The molecule has 0 aliphatic carbocycles. The SMILES string of the molecule is CCCCCCCCCCc1cc2ccc(OCCCCCCCC)c(F)c2c(=O)o1. The highest BCUT2D eigenvalue weighted by Crippen LogP contribution is 2.25. The van der Waals surface area contributed by atoms with E-state index in [-0.39, 0.29) is 11.1 Å². The van der Waals surface area contributed by atoms with Gasteiger partial charge < -0.3 is 9.15 Å². The van der Waals surface area contributed by atoms with Gasteiger partial charge in [-0.2, -0.15) is 0 Å². The Morgan fingerprint density at radius 1 is 0.806 bits per heavy atom. The summed E-state index contributed by atoms with van der Waals surface area (Å²) in [5.41, 5.74) is -0.602. The Morgan fingerprint density at radius 3 is 2.03 bits per heavy atom. The molecule has 4 heteroatoms. The van der Waals surface area contributed by atoms with E-state index in [9.17, 15) is 9.18 Å². The van der Waals surface area contributed by atoms with Gasteiger partial charge in [-0.25, -0.2) is 9.18 Å². The van der Waals surface area contributed by atoms with E-state index < -0.39 is 11.4 Å². The number of benzene rings is 1. The molecule has 2 rings (SSSR count). The Kier molecular flexibility index (Phi) is 12.3. The topological polar surface area (TPSA) is 39.4 Å². The summed E-state index contributed by atoms with van der Waals surface area (Å²) in [4.78, 5) is 12.4. The van der Waals surface area contributed by atoms with Crippen molar-refractivity contribution in [1.82, 2.24) is 0 Å². The minimum absolute atomic E-state index is 0.000111. The first-order valence-electron chi connectivity index (χ1n) is 12.5. The molecule has 0 fully saturated rings. The van der Waals surface area contributed by atoms with Crippen molar-refractivity contribution in [3.05, 3.63) is 40.2 Å². The van der Waals surface area contributed by atoms with Gasteiger partial charge in [-0.3, -0.25) is 0 Å². The maximum atomic E-state index is 14.8. The van der Waals surface area contributed by atoms with E-state index >= 15 is 0 Å². The Hall–Kier alpha value is -1.84. The third kappa shape index (κ3) is 9.04. The first-order chi connectivity index (χ1) is 15.2. The molecule has 0 amide bonds. The number of hydrogen-bond acceptors (Lipinski definition) is 3. The molecule has 0 bridgehead atoms. The molecule has 0 aliphatic heterocycles. The predicted molar refractivity (Wildman–Crippen MR) is 128 cm³/mol. The van der Waals surface area contributed by atoms with Crippen LogP contribution in [0.2, 0.25) is 0 Å². The van der Waals surface area contributed by atoms with E-state index in [4.69, 9.17) is 9.15 Å². The molecule has 2 aromatic rings. The van der Waals surface area contributed by atoms with Crippen molar-refractivity contribution in [2.75, 3.05) is 6.61 Å². The van der Waals surface area contributed by atoms with Gasteiger partial charge in [0, 0.05) is 6.42 Å². The highest BCUT2D eigenvalue weighted by molar-refractivity contribution is 5.83. The zero-order valence-electron chi connectivity index (χ0n) is 19.6. The van der Waals surface area contributed by atoms with Crippen LogP contribution in [0.3, 0.4) is 0 Å². The maximum absolute atomic E-state index is 14.8. The molecule has 3 nitrogen and oxygen atoms in total. The van der Waals surface area contributed by atoms with Gasteiger partial charge in [0.25, 0.3) is 0 Å². The Balaban J connectivity index is 1.83. The molecule has 0 aliphatic rings. The van der Waals surface area contributed by atoms with Crippen LogP contribution in [0.1, 0.15) is 109 Å². The van der Waals surface area contributed by atoms with Gasteiger partial charge >= 0.3 is 5.63 Å². The van der Waals surface area contributed by atoms with E-state index in [1.807, 2.05) is 0 Å². The highest BCUT2D eigenvalue weighted by Gasteiger charge is 2.14. The quantitative estimate of drug-likeness (QED) is 0.236. The Labute approximate surface area is 187 Å². The summed E-state index contributed by atoms with van der Waals surface area (Å²) < 4.78 is 25.9. The van der Waals surface area contributed by atoms with Gasteiger partial charge in [0.15, 0.2) is 11.6 Å². The minimum Gasteiger partial charge on any atom is -0.490 e. The molecule has 1 aromatic carbocycles. The summed E-state index contributed by atoms with van der Waals surface area (Å²) >= 11 is 0. The summed E-state index contributed by atoms with van der Waals surface area (Å²) in [5.74, 6) is 0.184. The van der Waals surface area contributed by atoms with E-state index in [0.29, 0.717) is 17.8 Å². The number of fused-ring (bicyclic) bond motifs is 1. The summed E-state index contributed by atoms with van der Waals surface area (Å²) in [6, 6.07) is 5.20. The smallest absolute Gasteiger partial charge is 0.346 e. The monoisotopic (exact) mass is 432 g/mol. The van der Waals surface area contributed by atoms with Crippen LogP contribution < -0.4 is 10.4 Å². The zero-order valence-corrected chi connectivity index (χ0v) is 19.6. The van der Waals surface area contributed by atoms with Crippen LogP contribution in [0.5, 0.6) is 5.75 Å². The van der Waals surface area contributed by atoms with Gasteiger partial charge in [0.2, 0.25) is 0 Å². The van der Waals surface area contributed by atoms with Gasteiger partial charge in [-0.1, -0.05) is 97.0 Å². The molecular formula is C27H41FO3. The zero-order chi connectivity index (χ0) is 22.3. The second-order valence-corrected chi connectivity index (χ2v) is 8.68. The molecule has 0 saturated carbocycles. The largest absolute Gasteiger partial charge is 0.490 e. The van der Waals surface area contributed by atoms with Crippen LogP contribution in [0.25, 0.3) is 10.8 Å². The molecule has 31 heavy (non-hydrogen) atoms. The molecule has 0 spiro atoms. The molecule has 0 atom stereocenters. The van der Waals surface area contributed by atoms with Crippen LogP contribution in [0.4, 0.5) is 4.39 Å². The number of rotatable bonds is 17. The maximum Gasteiger partial charge on any atom is 0.346 e. The molecule has 1 heterocycles. The van der Waals surface area contributed by atoms with Gasteiger partial charge in [-0.15, -0.1) is 0 Å². The second-order valence-electron chi connectivity index (χ2n) is 8.68. The molecule has 1 aromatic heterocycles. The Bertz CT molecular complexity index is 812. The fourth-order valence-electron chi connectivity index (χ4n) is 4.00.